The van der Waals surface area contributed by atoms with Gasteiger partial charge in [-0.3, -0.25) is 0 Å². The van der Waals surface area contributed by atoms with Crippen LogP contribution in [0.4, 0.5) is 0 Å². The fraction of sp³-hybridized carbons (Fsp3) is 1.00. The van der Waals surface area contributed by atoms with Crippen LogP contribution in [-0.2, 0) is 0 Å². The summed E-state index contributed by atoms with van der Waals surface area (Å²) in [4.78, 5) is 0. The predicted molar refractivity (Wildman–Crippen MR) is 69.6 cm³/mol. The lowest BCUT2D eigenvalue weighted by Gasteiger charge is -2.33. The number of hydrogen-bond donors (Lipinski definition) is 6. The van der Waals surface area contributed by atoms with Gasteiger partial charge in [-0.05, 0) is 63.7 Å². The molecule has 0 bridgehead atoms. The Kier molecular flexibility index (Phi) is 6.87. The second kappa shape index (κ2) is 6.22. The second-order valence-corrected chi connectivity index (χ2v) is 10.0. The summed E-state index contributed by atoms with van der Waals surface area (Å²) >= 11 is 10.4. The molecule has 0 aromatic carbocycles. The molecular formula is C6H10Br4O6. The summed E-state index contributed by atoms with van der Waals surface area (Å²) in [6.45, 7) is 0. The molecule has 0 aromatic heterocycles. The Labute approximate surface area is 125 Å². The summed E-state index contributed by atoms with van der Waals surface area (Å²) in [7, 11) is 0. The normalized spacial score (nSPS) is 21.4. The van der Waals surface area contributed by atoms with Gasteiger partial charge in [0.25, 0.3) is 0 Å². The van der Waals surface area contributed by atoms with Crippen LogP contribution in [0.25, 0.3) is 0 Å². The second-order valence-electron chi connectivity index (χ2n) is 3.05. The summed E-state index contributed by atoms with van der Waals surface area (Å²) < 4.78 is -4.06. The zero-order chi connectivity index (χ0) is 13.3. The van der Waals surface area contributed by atoms with Crippen LogP contribution in [0.15, 0.2) is 0 Å². The Morgan fingerprint density at radius 2 is 0.812 bits per heavy atom. The van der Waals surface area contributed by atoms with Gasteiger partial charge in [-0.25, -0.2) is 0 Å². The molecule has 16 heavy (non-hydrogen) atoms. The van der Waals surface area contributed by atoms with Gasteiger partial charge >= 0.3 is 0 Å². The van der Waals surface area contributed by atoms with Crippen molar-refractivity contribution in [1.29, 1.82) is 0 Å². The first-order valence-electron chi connectivity index (χ1n) is 3.81. The van der Waals surface area contributed by atoms with Crippen LogP contribution in [0.5, 0.6) is 0 Å². The van der Waals surface area contributed by atoms with Crippen molar-refractivity contribution in [1.82, 2.24) is 0 Å². The maximum Gasteiger partial charge on any atom is 0.203 e. The van der Waals surface area contributed by atoms with Gasteiger partial charge in [0.2, 0.25) is 6.84 Å². The molecule has 0 unspecified atom stereocenters. The highest BCUT2D eigenvalue weighted by molar-refractivity contribution is 9.25. The molecule has 0 saturated heterocycles. The first-order chi connectivity index (χ1) is 6.89. The lowest BCUT2D eigenvalue weighted by Crippen LogP contribution is -2.54. The fourth-order valence-electron chi connectivity index (χ4n) is 0.784. The van der Waals surface area contributed by atoms with Gasteiger partial charge in [0.1, 0.15) is 24.4 Å². The molecular weight excluding hydrogens is 488 g/mol. The van der Waals surface area contributed by atoms with Crippen molar-refractivity contribution in [3.05, 3.63) is 0 Å². The van der Waals surface area contributed by atoms with E-state index in [0.29, 0.717) is 0 Å². The molecule has 98 valence electrons. The minimum absolute atomic E-state index is 1.85. The number of halogens is 4. The van der Waals surface area contributed by atoms with Crippen LogP contribution in [-0.4, -0.2) is 61.9 Å². The Balaban J connectivity index is 4.68. The Bertz CT molecular complexity index is 202. The van der Waals surface area contributed by atoms with Gasteiger partial charge in [0, 0.05) is 0 Å². The Morgan fingerprint density at radius 3 is 0.938 bits per heavy atom. The van der Waals surface area contributed by atoms with Gasteiger partial charge < -0.3 is 30.6 Å². The summed E-state index contributed by atoms with van der Waals surface area (Å²) in [5.41, 5.74) is 0. The molecule has 0 radical (unpaired) electrons. The minimum atomic E-state index is -2.03. The molecule has 6 N–H and O–H groups in total. The smallest absolute Gasteiger partial charge is 0.203 e. The van der Waals surface area contributed by atoms with E-state index in [0.717, 1.165) is 0 Å². The fourth-order valence-corrected chi connectivity index (χ4v) is 1.87. The van der Waals surface area contributed by atoms with Crippen LogP contribution >= 0.6 is 63.7 Å². The first-order valence-corrected chi connectivity index (χ1v) is 6.99. The Hall–Kier alpha value is 1.68. The third-order valence-corrected chi connectivity index (χ3v) is 3.58. The molecule has 0 rings (SSSR count). The van der Waals surface area contributed by atoms with Gasteiger partial charge in [0.05, 0.1) is 0 Å². The highest BCUT2D eigenvalue weighted by Gasteiger charge is 2.45. The average Bonchev–Trinajstić information content (AvgIpc) is 2.10. The summed E-state index contributed by atoms with van der Waals surface area (Å²) in [5.74, 6) is 0. The molecule has 0 fully saturated rings. The third-order valence-electron chi connectivity index (χ3n) is 1.71. The molecule has 0 aliphatic carbocycles. The number of hydrogen-bond acceptors (Lipinski definition) is 6. The third kappa shape index (κ3) is 5.12. The lowest BCUT2D eigenvalue weighted by molar-refractivity contribution is -0.137. The van der Waals surface area contributed by atoms with Gasteiger partial charge in [0.15, 0.2) is 0 Å². The molecule has 0 spiro atoms. The molecule has 0 aliphatic heterocycles. The van der Waals surface area contributed by atoms with Crippen molar-refractivity contribution < 1.29 is 30.6 Å². The average molecular weight is 498 g/mol. The van der Waals surface area contributed by atoms with E-state index in [2.05, 4.69) is 63.7 Å². The maximum atomic E-state index is 9.42. The zero-order valence-electron chi connectivity index (χ0n) is 7.50. The van der Waals surface area contributed by atoms with E-state index < -0.39 is 31.3 Å². The Morgan fingerprint density at radius 1 is 0.625 bits per heavy atom. The van der Waals surface area contributed by atoms with Crippen molar-refractivity contribution in [2.45, 2.75) is 31.3 Å². The van der Waals surface area contributed by atoms with Crippen LogP contribution < -0.4 is 0 Å². The SMILES string of the molecule is O[C@@H]([C@H](O)[C@H](O)C(O)(Br)Br)[C@H](O)C(O)(Br)Br. The number of rotatable bonds is 5. The van der Waals surface area contributed by atoms with Crippen LogP contribution in [0.3, 0.4) is 0 Å². The predicted octanol–water partition coefficient (Wildman–Crippen LogP) is -0.698. The van der Waals surface area contributed by atoms with Crippen LogP contribution in [0, 0.1) is 0 Å². The molecule has 4 atom stereocenters. The van der Waals surface area contributed by atoms with E-state index in [1.165, 1.54) is 0 Å². The van der Waals surface area contributed by atoms with Gasteiger partial charge in [-0.2, -0.15) is 0 Å². The standard InChI is InChI=1S/C6H10Br4O6/c7-5(8,15)3(13)1(11)2(12)4(14)6(9,10)16/h1-4,11-16H/t1-,2-,3-,4-/m0/s1. The highest BCUT2D eigenvalue weighted by atomic mass is 79.9. The number of aliphatic hydroxyl groups is 6. The van der Waals surface area contributed by atoms with E-state index in [1.807, 2.05) is 0 Å². The molecule has 0 heterocycles. The number of aliphatic hydroxyl groups excluding tert-OH is 4. The highest BCUT2D eigenvalue weighted by Crippen LogP contribution is 2.33. The van der Waals surface area contributed by atoms with Crippen LogP contribution in [0.2, 0.25) is 0 Å². The van der Waals surface area contributed by atoms with Gasteiger partial charge in [-0.1, -0.05) is 0 Å². The molecule has 6 nitrogen and oxygen atoms in total. The summed E-state index contributed by atoms with van der Waals surface area (Å²) in [6, 6.07) is 0. The van der Waals surface area contributed by atoms with Crippen molar-refractivity contribution >= 4 is 63.7 Å². The monoisotopic (exact) mass is 494 g/mol. The first kappa shape index (κ1) is 17.7. The zero-order valence-corrected chi connectivity index (χ0v) is 13.8. The number of alkyl halides is 4. The van der Waals surface area contributed by atoms with E-state index in [1.54, 1.807) is 0 Å². The van der Waals surface area contributed by atoms with Crippen molar-refractivity contribution in [3.8, 4) is 0 Å². The lowest BCUT2D eigenvalue weighted by atomic mass is 10.0. The minimum Gasteiger partial charge on any atom is -0.387 e. The molecule has 10 heteroatoms. The molecule has 0 aliphatic rings. The van der Waals surface area contributed by atoms with E-state index in [9.17, 15) is 30.6 Å². The van der Waals surface area contributed by atoms with Gasteiger partial charge in [-0.15, -0.1) is 0 Å². The van der Waals surface area contributed by atoms with Crippen molar-refractivity contribution in [2.24, 2.45) is 0 Å². The van der Waals surface area contributed by atoms with E-state index in [-0.39, 0.29) is 0 Å². The van der Waals surface area contributed by atoms with E-state index in [4.69, 9.17) is 0 Å². The topological polar surface area (TPSA) is 121 Å². The van der Waals surface area contributed by atoms with Crippen LogP contribution in [0.1, 0.15) is 0 Å². The quantitative estimate of drug-likeness (QED) is 0.280. The van der Waals surface area contributed by atoms with Crippen molar-refractivity contribution in [2.75, 3.05) is 0 Å². The summed E-state index contributed by atoms with van der Waals surface area (Å²) in [6.07, 6.45) is -7.53. The molecule has 0 aromatic rings. The largest absolute Gasteiger partial charge is 0.387 e. The maximum absolute atomic E-state index is 9.42. The molecule has 0 amide bonds. The summed E-state index contributed by atoms with van der Waals surface area (Å²) in [5, 5.41) is 56.0. The molecule has 0 saturated carbocycles. The van der Waals surface area contributed by atoms with E-state index >= 15 is 0 Å². The van der Waals surface area contributed by atoms with Crippen molar-refractivity contribution in [3.63, 3.8) is 0 Å².